The number of hydrogen-bond acceptors (Lipinski definition) is 2. The van der Waals surface area contributed by atoms with Crippen LogP contribution in [0.3, 0.4) is 0 Å². The Balaban J connectivity index is 1.61. The Morgan fingerprint density at radius 3 is 1.32 bits per heavy atom. The summed E-state index contributed by atoms with van der Waals surface area (Å²) >= 11 is 0. The van der Waals surface area contributed by atoms with E-state index in [9.17, 15) is 0 Å². The largest absolute Gasteiger partial charge is 0.704 e. The minimum absolute atomic E-state index is 0.833. The van der Waals surface area contributed by atoms with Gasteiger partial charge < -0.3 is 9.47 Å². The van der Waals surface area contributed by atoms with Gasteiger partial charge in [-0.1, -0.05) is 69.8 Å². The van der Waals surface area contributed by atoms with Gasteiger partial charge in [-0.15, -0.1) is 0 Å². The number of fused-ring (bicyclic) bond motifs is 2. The van der Waals surface area contributed by atoms with Crippen LogP contribution in [0, 0.1) is 0 Å². The van der Waals surface area contributed by atoms with Gasteiger partial charge >= 0.3 is 6.03 Å². The predicted octanol–water partition coefficient (Wildman–Crippen LogP) is 6.06. The fraction of sp³-hybridized carbons (Fsp3) is 0.212. The molecular weight excluding hydrogens is 456 g/mol. The van der Waals surface area contributed by atoms with Crippen LogP contribution in [0.25, 0.3) is 0 Å². The maximum absolute atomic E-state index is 7.07. The molecule has 0 aliphatic carbocycles. The Kier molecular flexibility index (Phi) is 5.39. The van der Waals surface area contributed by atoms with E-state index in [0.29, 0.717) is 0 Å². The van der Waals surface area contributed by atoms with Crippen molar-refractivity contribution in [3.63, 3.8) is 0 Å². The third-order valence-electron chi connectivity index (χ3n) is 7.60. The standard InChI is InChI=1S/C33H30N2O2/c1-2-14-24-35-32(26-17-7-4-8-18-26)28-20-10-12-22-30(28)37-33(35)34(23-13-1)31(25-15-5-3-6-16-25)27-19-9-11-21-29(27)36-33/h3-12,15-22H,1-2,13-14,23-24H2/q+2. The minimum Gasteiger partial charge on any atom is -0.341 e. The predicted molar refractivity (Wildman–Crippen MR) is 145 cm³/mol. The molecule has 4 aromatic rings. The highest BCUT2D eigenvalue weighted by atomic mass is 16.7. The summed E-state index contributed by atoms with van der Waals surface area (Å²) in [5.74, 6) is 1.68. The third kappa shape index (κ3) is 3.59. The highest BCUT2D eigenvalue weighted by molar-refractivity contribution is 6.13. The van der Waals surface area contributed by atoms with Crippen LogP contribution in [0.5, 0.6) is 11.5 Å². The van der Waals surface area contributed by atoms with Gasteiger partial charge in [0.1, 0.15) is 0 Å². The molecule has 0 atom stereocenters. The van der Waals surface area contributed by atoms with E-state index in [-0.39, 0.29) is 0 Å². The summed E-state index contributed by atoms with van der Waals surface area (Å²) in [5.41, 5.74) is 6.84. The number of benzene rings is 4. The molecule has 3 heterocycles. The third-order valence-corrected chi connectivity index (χ3v) is 7.60. The Morgan fingerprint density at radius 2 is 0.865 bits per heavy atom. The Morgan fingerprint density at radius 1 is 0.459 bits per heavy atom. The van der Waals surface area contributed by atoms with Crippen LogP contribution >= 0.6 is 0 Å². The summed E-state index contributed by atoms with van der Waals surface area (Å²) in [5, 5.41) is 0. The molecule has 0 N–H and O–H groups in total. The zero-order valence-electron chi connectivity index (χ0n) is 20.8. The van der Waals surface area contributed by atoms with Crippen LogP contribution in [-0.4, -0.2) is 39.7 Å². The molecule has 3 aliphatic rings. The van der Waals surface area contributed by atoms with Crippen LogP contribution < -0.4 is 9.47 Å². The maximum Gasteiger partial charge on any atom is 0.704 e. The lowest BCUT2D eigenvalue weighted by molar-refractivity contribution is -0.911. The van der Waals surface area contributed by atoms with Gasteiger partial charge in [0, 0.05) is 24.0 Å². The number of rotatable bonds is 2. The molecule has 0 bridgehead atoms. The van der Waals surface area contributed by atoms with E-state index in [0.717, 1.165) is 60.0 Å². The van der Waals surface area contributed by atoms with E-state index in [1.807, 2.05) is 12.1 Å². The topological polar surface area (TPSA) is 24.5 Å². The SMILES string of the molecule is c1ccc(C2=[N+]3CCCCCC[N+]4=C(c5ccccc5)c5ccccc5OC34Oc3ccccc32)cc1. The summed E-state index contributed by atoms with van der Waals surface area (Å²) in [6.07, 6.45) is 4.50. The second-order valence-corrected chi connectivity index (χ2v) is 9.89. The number of para-hydroxylation sites is 2. The van der Waals surface area contributed by atoms with Gasteiger partial charge in [0.25, 0.3) is 0 Å². The lowest BCUT2D eigenvalue weighted by Gasteiger charge is -2.34. The first-order valence-corrected chi connectivity index (χ1v) is 13.3. The van der Waals surface area contributed by atoms with Crippen molar-refractivity contribution in [1.29, 1.82) is 0 Å². The Hall–Kier alpha value is -4.18. The van der Waals surface area contributed by atoms with Crippen molar-refractivity contribution in [1.82, 2.24) is 0 Å². The van der Waals surface area contributed by atoms with Crippen molar-refractivity contribution < 1.29 is 18.6 Å². The van der Waals surface area contributed by atoms with Crippen molar-refractivity contribution >= 4 is 11.4 Å². The van der Waals surface area contributed by atoms with Crippen molar-refractivity contribution in [2.45, 2.75) is 31.7 Å². The molecule has 3 aliphatic heterocycles. The molecule has 1 saturated heterocycles. The zero-order valence-corrected chi connectivity index (χ0v) is 20.8. The molecule has 0 amide bonds. The highest BCUT2D eigenvalue weighted by Gasteiger charge is 2.67. The molecule has 4 nitrogen and oxygen atoms in total. The van der Waals surface area contributed by atoms with Gasteiger partial charge in [0.05, 0.1) is 11.1 Å². The molecule has 7 rings (SSSR count). The smallest absolute Gasteiger partial charge is 0.341 e. The van der Waals surface area contributed by atoms with Crippen LogP contribution in [0.15, 0.2) is 109 Å². The van der Waals surface area contributed by atoms with Crippen LogP contribution in [-0.2, 0) is 0 Å². The van der Waals surface area contributed by atoms with E-state index in [1.165, 1.54) is 24.0 Å². The number of ether oxygens (including phenoxy) is 2. The first kappa shape index (κ1) is 22.1. The van der Waals surface area contributed by atoms with Gasteiger partial charge in [0.2, 0.25) is 11.4 Å². The molecule has 4 heteroatoms. The molecule has 4 aromatic carbocycles. The summed E-state index contributed by atoms with van der Waals surface area (Å²) in [6, 6.07) is 37.0. The monoisotopic (exact) mass is 486 g/mol. The highest BCUT2D eigenvalue weighted by Crippen LogP contribution is 2.40. The Bertz CT molecular complexity index is 1410. The average molecular weight is 487 g/mol. The summed E-state index contributed by atoms with van der Waals surface area (Å²) < 4.78 is 18.9. The molecule has 0 aromatic heterocycles. The quantitative estimate of drug-likeness (QED) is 0.322. The van der Waals surface area contributed by atoms with Gasteiger partial charge in [-0.3, -0.25) is 0 Å². The van der Waals surface area contributed by atoms with E-state index < -0.39 is 6.03 Å². The number of hydrogen-bond donors (Lipinski definition) is 0. The molecule has 0 unspecified atom stereocenters. The van der Waals surface area contributed by atoms with Crippen molar-refractivity contribution in [3.05, 3.63) is 131 Å². The van der Waals surface area contributed by atoms with Crippen molar-refractivity contribution in [2.24, 2.45) is 0 Å². The average Bonchev–Trinajstić information content (AvgIpc) is 3.04. The fourth-order valence-corrected chi connectivity index (χ4v) is 5.96. The molecule has 37 heavy (non-hydrogen) atoms. The van der Waals surface area contributed by atoms with Gasteiger partial charge in [-0.05, 0) is 61.4 Å². The lowest BCUT2D eigenvalue weighted by atomic mass is 9.97. The van der Waals surface area contributed by atoms with Gasteiger partial charge in [-0.25, -0.2) is 0 Å². The van der Waals surface area contributed by atoms with Crippen molar-refractivity contribution in [3.8, 4) is 11.5 Å². The molecule has 182 valence electrons. The van der Waals surface area contributed by atoms with E-state index >= 15 is 0 Å². The lowest BCUT2D eigenvalue weighted by Crippen LogP contribution is -2.67. The van der Waals surface area contributed by atoms with Gasteiger partial charge in [0.15, 0.2) is 24.6 Å². The first-order chi connectivity index (χ1) is 18.4. The fourth-order valence-electron chi connectivity index (χ4n) is 5.96. The van der Waals surface area contributed by atoms with Gasteiger partial charge in [-0.2, -0.15) is 0 Å². The zero-order chi connectivity index (χ0) is 24.7. The van der Waals surface area contributed by atoms with E-state index in [1.54, 1.807) is 0 Å². The van der Waals surface area contributed by atoms with E-state index in [4.69, 9.17) is 9.47 Å². The summed E-state index contributed by atoms with van der Waals surface area (Å²) in [7, 11) is 0. The molecule has 1 spiro atoms. The molecule has 0 radical (unpaired) electrons. The summed E-state index contributed by atoms with van der Waals surface area (Å²) in [4.78, 5) is 0. The van der Waals surface area contributed by atoms with Crippen molar-refractivity contribution in [2.75, 3.05) is 13.1 Å². The van der Waals surface area contributed by atoms with Crippen LogP contribution in [0.4, 0.5) is 0 Å². The van der Waals surface area contributed by atoms with Crippen LogP contribution in [0.2, 0.25) is 0 Å². The Labute approximate surface area is 217 Å². The van der Waals surface area contributed by atoms with E-state index in [2.05, 4.69) is 106 Å². The minimum atomic E-state index is -1.14. The molecule has 0 saturated carbocycles. The molecular formula is C33H30N2O2+2. The first-order valence-electron chi connectivity index (χ1n) is 13.3. The second kappa shape index (κ2) is 9.04. The van der Waals surface area contributed by atoms with Crippen LogP contribution in [0.1, 0.15) is 47.9 Å². The second-order valence-electron chi connectivity index (χ2n) is 9.89. The number of nitrogens with zero attached hydrogens (tertiary/aromatic N) is 2. The maximum atomic E-state index is 7.07. The normalized spacial score (nSPS) is 18.1. The molecule has 1 fully saturated rings. The summed E-state index contributed by atoms with van der Waals surface area (Å²) in [6.45, 7) is 1.67.